The van der Waals surface area contributed by atoms with E-state index in [2.05, 4.69) is 6.92 Å². The number of amides is 1. The first-order chi connectivity index (χ1) is 17.0. The molecule has 0 saturated carbocycles. The van der Waals surface area contributed by atoms with E-state index in [4.69, 9.17) is 32.4 Å². The summed E-state index contributed by atoms with van der Waals surface area (Å²) in [7, 11) is 0. The topological polar surface area (TPSA) is 59.8 Å². The first-order valence-electron chi connectivity index (χ1n) is 11.6. The number of nitrogens with zero attached hydrogens (tertiary/aromatic N) is 1. The van der Waals surface area contributed by atoms with Crippen LogP contribution in [0, 0.1) is 0 Å². The Morgan fingerprint density at radius 3 is 2.54 bits per heavy atom. The van der Waals surface area contributed by atoms with E-state index in [0.717, 1.165) is 24.8 Å². The fraction of sp³-hybridized carbons (Fsp3) is 0.214. The normalized spacial score (nSPS) is 15.0. The lowest BCUT2D eigenvalue weighted by Gasteiger charge is -2.25. The summed E-state index contributed by atoms with van der Waals surface area (Å²) in [6.07, 6.45) is 3.15. The highest BCUT2D eigenvalue weighted by atomic mass is 35.5. The Hall–Kier alpha value is -3.28. The molecule has 2 heterocycles. The van der Waals surface area contributed by atoms with Gasteiger partial charge in [0.25, 0.3) is 5.91 Å². The summed E-state index contributed by atoms with van der Waals surface area (Å²) >= 11 is 12.4. The fourth-order valence-electron chi connectivity index (χ4n) is 4.47. The van der Waals surface area contributed by atoms with E-state index < -0.39 is 11.9 Å². The quantitative estimate of drug-likeness (QED) is 0.244. The number of fused-ring (bicyclic) bond motifs is 2. The summed E-state index contributed by atoms with van der Waals surface area (Å²) in [5.41, 5.74) is 1.59. The zero-order valence-electron chi connectivity index (χ0n) is 19.1. The van der Waals surface area contributed by atoms with Gasteiger partial charge < -0.3 is 9.15 Å². The van der Waals surface area contributed by atoms with Gasteiger partial charge in [-0.3, -0.25) is 14.5 Å². The standard InChI is InChI=1S/C28H23Cl2NO4/c1-2-3-4-13-34-21-10-5-7-17(14-21)25-24-26(32)22-16-19(30)11-12-23(22)35-27(24)28(33)31(25)20-9-6-8-18(29)15-20/h5-12,14-16,25H,2-4,13H2,1H3. The van der Waals surface area contributed by atoms with E-state index in [1.54, 1.807) is 47.4 Å². The maximum Gasteiger partial charge on any atom is 0.295 e. The van der Waals surface area contributed by atoms with Crippen LogP contribution in [0.15, 0.2) is 75.9 Å². The highest BCUT2D eigenvalue weighted by Crippen LogP contribution is 2.42. The van der Waals surface area contributed by atoms with Gasteiger partial charge in [0, 0.05) is 15.7 Å². The third kappa shape index (κ3) is 4.42. The van der Waals surface area contributed by atoms with Crippen molar-refractivity contribution in [1.82, 2.24) is 0 Å². The highest BCUT2D eigenvalue weighted by Gasteiger charge is 2.43. The molecule has 1 aliphatic heterocycles. The number of anilines is 1. The Labute approximate surface area is 212 Å². The average Bonchev–Trinajstić information content (AvgIpc) is 3.15. The number of rotatable bonds is 7. The van der Waals surface area contributed by atoms with Crippen LogP contribution >= 0.6 is 23.2 Å². The fourth-order valence-corrected chi connectivity index (χ4v) is 4.83. The van der Waals surface area contributed by atoms with Gasteiger partial charge in [-0.25, -0.2) is 0 Å². The largest absolute Gasteiger partial charge is 0.494 e. The molecular weight excluding hydrogens is 485 g/mol. The molecule has 5 nitrogen and oxygen atoms in total. The molecule has 1 unspecified atom stereocenters. The van der Waals surface area contributed by atoms with Crippen molar-refractivity contribution in [2.45, 2.75) is 32.2 Å². The van der Waals surface area contributed by atoms with Gasteiger partial charge in [0.2, 0.25) is 5.76 Å². The van der Waals surface area contributed by atoms with Gasteiger partial charge in [-0.05, 0) is 60.5 Å². The van der Waals surface area contributed by atoms with Crippen molar-refractivity contribution in [2.24, 2.45) is 0 Å². The number of carbonyl (C=O) groups excluding carboxylic acids is 1. The second-order valence-corrected chi connectivity index (χ2v) is 9.37. The molecule has 0 radical (unpaired) electrons. The van der Waals surface area contributed by atoms with E-state index in [9.17, 15) is 9.59 Å². The summed E-state index contributed by atoms with van der Waals surface area (Å²) in [4.78, 5) is 29.0. The average molecular weight is 508 g/mol. The summed E-state index contributed by atoms with van der Waals surface area (Å²) in [6.45, 7) is 2.74. The van der Waals surface area contributed by atoms with Gasteiger partial charge in [-0.15, -0.1) is 0 Å². The predicted molar refractivity (Wildman–Crippen MR) is 139 cm³/mol. The van der Waals surface area contributed by atoms with Crippen LogP contribution in [-0.4, -0.2) is 12.5 Å². The highest BCUT2D eigenvalue weighted by molar-refractivity contribution is 6.31. The van der Waals surface area contributed by atoms with Gasteiger partial charge in [0.1, 0.15) is 11.3 Å². The summed E-state index contributed by atoms with van der Waals surface area (Å²) in [5.74, 6) is 0.290. The van der Waals surface area contributed by atoms with Gasteiger partial charge in [0.05, 0.1) is 23.6 Å². The van der Waals surface area contributed by atoms with Crippen molar-refractivity contribution in [3.8, 4) is 5.75 Å². The minimum absolute atomic E-state index is 0.0177. The van der Waals surface area contributed by atoms with Crippen molar-refractivity contribution < 1.29 is 13.9 Å². The number of halogens is 2. The number of ether oxygens (including phenoxy) is 1. The molecule has 1 aliphatic rings. The van der Waals surface area contributed by atoms with E-state index in [0.29, 0.717) is 39.1 Å². The molecule has 35 heavy (non-hydrogen) atoms. The summed E-state index contributed by atoms with van der Waals surface area (Å²) in [5, 5.41) is 1.23. The monoisotopic (exact) mass is 507 g/mol. The smallest absolute Gasteiger partial charge is 0.295 e. The van der Waals surface area contributed by atoms with Crippen molar-refractivity contribution in [1.29, 1.82) is 0 Å². The van der Waals surface area contributed by atoms with Crippen molar-refractivity contribution in [3.63, 3.8) is 0 Å². The molecular formula is C28H23Cl2NO4. The second-order valence-electron chi connectivity index (χ2n) is 8.50. The lowest BCUT2D eigenvalue weighted by molar-refractivity contribution is 0.0971. The zero-order chi connectivity index (χ0) is 24.5. The number of hydrogen-bond acceptors (Lipinski definition) is 4. The molecule has 1 aromatic heterocycles. The first kappa shape index (κ1) is 23.5. The molecule has 0 fully saturated rings. The van der Waals surface area contributed by atoms with Crippen LogP contribution in [0.5, 0.6) is 5.75 Å². The molecule has 0 bridgehead atoms. The van der Waals surface area contributed by atoms with Gasteiger partial charge in [-0.1, -0.05) is 61.2 Å². The molecule has 4 aromatic rings. The Kier molecular flexibility index (Phi) is 6.54. The molecule has 7 heteroatoms. The molecule has 5 rings (SSSR count). The van der Waals surface area contributed by atoms with Crippen molar-refractivity contribution >= 4 is 45.8 Å². The number of carbonyl (C=O) groups is 1. The molecule has 178 valence electrons. The Morgan fingerprint density at radius 2 is 1.74 bits per heavy atom. The molecule has 1 atom stereocenters. The molecule has 1 amide bonds. The van der Waals surface area contributed by atoms with E-state index >= 15 is 0 Å². The Balaban J connectivity index is 1.68. The molecule has 0 aliphatic carbocycles. The third-order valence-electron chi connectivity index (χ3n) is 6.11. The van der Waals surface area contributed by atoms with Crippen LogP contribution < -0.4 is 15.1 Å². The van der Waals surface area contributed by atoms with E-state index in [1.165, 1.54) is 0 Å². The maximum absolute atomic E-state index is 13.7. The minimum atomic E-state index is -0.713. The van der Waals surface area contributed by atoms with Crippen LogP contribution in [0.4, 0.5) is 5.69 Å². The minimum Gasteiger partial charge on any atom is -0.494 e. The lowest BCUT2D eigenvalue weighted by Crippen LogP contribution is -2.29. The van der Waals surface area contributed by atoms with Gasteiger partial charge in [-0.2, -0.15) is 0 Å². The SMILES string of the molecule is CCCCCOc1cccc(C2c3c(oc4ccc(Cl)cc4c3=O)C(=O)N2c2cccc(Cl)c2)c1. The maximum atomic E-state index is 13.7. The van der Waals surface area contributed by atoms with Crippen molar-refractivity contribution in [2.75, 3.05) is 11.5 Å². The first-order valence-corrected chi connectivity index (χ1v) is 12.3. The molecule has 0 saturated heterocycles. The van der Waals surface area contributed by atoms with Crippen LogP contribution in [0.25, 0.3) is 11.0 Å². The molecule has 0 spiro atoms. The van der Waals surface area contributed by atoms with E-state index in [-0.39, 0.29) is 16.8 Å². The van der Waals surface area contributed by atoms with Crippen LogP contribution in [0.1, 0.15) is 53.9 Å². The van der Waals surface area contributed by atoms with Crippen LogP contribution in [0.3, 0.4) is 0 Å². The number of benzene rings is 3. The summed E-state index contributed by atoms with van der Waals surface area (Å²) < 4.78 is 11.9. The van der Waals surface area contributed by atoms with Crippen molar-refractivity contribution in [3.05, 3.63) is 104 Å². The molecule has 0 N–H and O–H groups in total. The lowest BCUT2D eigenvalue weighted by atomic mass is 9.98. The number of unbranched alkanes of at least 4 members (excludes halogenated alkanes) is 2. The predicted octanol–water partition coefficient (Wildman–Crippen LogP) is 7.42. The molecule has 3 aromatic carbocycles. The summed E-state index contributed by atoms with van der Waals surface area (Å²) in [6, 6.07) is 18.6. The Morgan fingerprint density at radius 1 is 0.943 bits per heavy atom. The van der Waals surface area contributed by atoms with Crippen LogP contribution in [0.2, 0.25) is 10.0 Å². The van der Waals surface area contributed by atoms with Gasteiger partial charge >= 0.3 is 0 Å². The van der Waals surface area contributed by atoms with Gasteiger partial charge in [0.15, 0.2) is 5.43 Å². The Bertz CT molecular complexity index is 1480. The van der Waals surface area contributed by atoms with Crippen LogP contribution in [-0.2, 0) is 0 Å². The zero-order valence-corrected chi connectivity index (χ0v) is 20.6. The third-order valence-corrected chi connectivity index (χ3v) is 6.58. The van der Waals surface area contributed by atoms with E-state index in [1.807, 2.05) is 24.3 Å². The number of hydrogen-bond donors (Lipinski definition) is 0. The second kappa shape index (κ2) is 9.76.